The average Bonchev–Trinajstić information content (AvgIpc) is 2.27. The second-order valence-electron chi connectivity index (χ2n) is 3.77. The third-order valence-corrected chi connectivity index (χ3v) is 2.53. The number of ether oxygens (including phenoxy) is 1. The fraction of sp³-hybridized carbons (Fsp3) is 0.357. The third kappa shape index (κ3) is 3.63. The summed E-state index contributed by atoms with van der Waals surface area (Å²) in [6, 6.07) is 5.72. The maximum Gasteiger partial charge on any atom is 0.328 e. The number of hydrogen-bond acceptors (Lipinski definition) is 2. The summed E-state index contributed by atoms with van der Waals surface area (Å²) in [4.78, 5) is 10.7. The van der Waals surface area contributed by atoms with Gasteiger partial charge >= 0.3 is 5.97 Å². The molecule has 0 fully saturated rings. The van der Waals surface area contributed by atoms with Crippen molar-refractivity contribution in [2.75, 3.05) is 6.61 Å². The van der Waals surface area contributed by atoms with Gasteiger partial charge in [-0.05, 0) is 49.1 Å². The van der Waals surface area contributed by atoms with Crippen LogP contribution in [0.15, 0.2) is 24.3 Å². The van der Waals surface area contributed by atoms with Gasteiger partial charge in [-0.3, -0.25) is 0 Å². The molecule has 3 heteroatoms. The molecule has 0 atom stereocenters. The van der Waals surface area contributed by atoms with Crippen LogP contribution in [0.3, 0.4) is 0 Å². The molecule has 3 nitrogen and oxygen atoms in total. The Kier molecular flexibility index (Phi) is 4.76. The van der Waals surface area contributed by atoms with Crippen LogP contribution in [0.5, 0.6) is 5.75 Å². The molecular formula is C14H18O3. The normalized spacial score (nSPS) is 11.4. The Morgan fingerprint density at radius 3 is 2.59 bits per heavy atom. The zero-order valence-electron chi connectivity index (χ0n) is 10.5. The molecule has 1 N–H and O–H groups in total. The van der Waals surface area contributed by atoms with Gasteiger partial charge in [-0.25, -0.2) is 4.79 Å². The monoisotopic (exact) mass is 234 g/mol. The summed E-state index contributed by atoms with van der Waals surface area (Å²) in [5.74, 6) is -0.0883. The highest BCUT2D eigenvalue weighted by atomic mass is 16.5. The largest absolute Gasteiger partial charge is 0.494 e. The van der Waals surface area contributed by atoms with E-state index in [0.717, 1.165) is 22.4 Å². The first kappa shape index (κ1) is 13.3. The molecule has 17 heavy (non-hydrogen) atoms. The first-order valence-electron chi connectivity index (χ1n) is 5.75. The molecule has 0 unspecified atom stereocenters. The Labute approximate surface area is 102 Å². The van der Waals surface area contributed by atoms with Gasteiger partial charge in [0.15, 0.2) is 0 Å². The van der Waals surface area contributed by atoms with Crippen LogP contribution in [-0.4, -0.2) is 17.7 Å². The van der Waals surface area contributed by atoms with Gasteiger partial charge in [-0.2, -0.15) is 0 Å². The van der Waals surface area contributed by atoms with Gasteiger partial charge in [0.05, 0.1) is 6.61 Å². The van der Waals surface area contributed by atoms with Crippen LogP contribution >= 0.6 is 0 Å². The van der Waals surface area contributed by atoms with Crippen LogP contribution in [0.2, 0.25) is 0 Å². The summed E-state index contributed by atoms with van der Waals surface area (Å²) in [7, 11) is 0. The highest BCUT2D eigenvalue weighted by Crippen LogP contribution is 2.25. The van der Waals surface area contributed by atoms with Crippen molar-refractivity contribution >= 4 is 11.5 Å². The van der Waals surface area contributed by atoms with Gasteiger partial charge in [0.1, 0.15) is 5.75 Å². The van der Waals surface area contributed by atoms with E-state index in [2.05, 4.69) is 0 Å². The summed E-state index contributed by atoms with van der Waals surface area (Å²) < 4.78 is 5.40. The van der Waals surface area contributed by atoms with Crippen molar-refractivity contribution in [3.8, 4) is 5.75 Å². The Hall–Kier alpha value is -1.77. The molecule has 1 aromatic carbocycles. The van der Waals surface area contributed by atoms with E-state index in [1.54, 1.807) is 0 Å². The van der Waals surface area contributed by atoms with Crippen molar-refractivity contribution in [2.24, 2.45) is 0 Å². The zero-order chi connectivity index (χ0) is 12.8. The minimum absolute atomic E-state index is 0.629. The van der Waals surface area contributed by atoms with Gasteiger partial charge in [0.25, 0.3) is 0 Å². The van der Waals surface area contributed by atoms with Crippen LogP contribution < -0.4 is 4.74 Å². The molecule has 0 aliphatic rings. The zero-order valence-corrected chi connectivity index (χ0v) is 10.5. The lowest BCUT2D eigenvalue weighted by atomic mass is 9.98. The van der Waals surface area contributed by atoms with Crippen molar-refractivity contribution in [2.45, 2.75) is 27.2 Å². The standard InChI is InChI=1S/C14H18O3/c1-4-11(9-14(15)16)13-7-6-12(17-5-2)8-10(13)3/h6-9H,4-5H2,1-3H3,(H,15,16)/b11-9+. The first-order valence-corrected chi connectivity index (χ1v) is 5.75. The minimum atomic E-state index is -0.907. The molecule has 0 spiro atoms. The van der Waals surface area contributed by atoms with Crippen molar-refractivity contribution < 1.29 is 14.6 Å². The summed E-state index contributed by atoms with van der Waals surface area (Å²) >= 11 is 0. The molecule has 0 saturated carbocycles. The van der Waals surface area contributed by atoms with E-state index in [1.165, 1.54) is 6.08 Å². The highest BCUT2D eigenvalue weighted by molar-refractivity contribution is 5.90. The molecule has 1 aromatic rings. The van der Waals surface area contributed by atoms with Crippen LogP contribution in [0.4, 0.5) is 0 Å². The lowest BCUT2D eigenvalue weighted by molar-refractivity contribution is -0.131. The lowest BCUT2D eigenvalue weighted by Crippen LogP contribution is -1.96. The molecule has 0 aliphatic heterocycles. The second kappa shape index (κ2) is 6.09. The Morgan fingerprint density at radius 2 is 2.12 bits per heavy atom. The number of carbonyl (C=O) groups is 1. The van der Waals surface area contributed by atoms with Gasteiger partial charge in [0.2, 0.25) is 0 Å². The Balaban J connectivity index is 3.09. The quantitative estimate of drug-likeness (QED) is 0.795. The molecule has 0 radical (unpaired) electrons. The van der Waals surface area contributed by atoms with Crippen LogP contribution in [0.25, 0.3) is 5.57 Å². The predicted octanol–water partition coefficient (Wildman–Crippen LogP) is 3.27. The van der Waals surface area contributed by atoms with E-state index < -0.39 is 5.97 Å². The number of allylic oxidation sites excluding steroid dienone is 1. The molecule has 1 rings (SSSR count). The number of aliphatic carboxylic acids is 1. The van der Waals surface area contributed by atoms with Gasteiger partial charge in [-0.1, -0.05) is 13.0 Å². The van der Waals surface area contributed by atoms with Crippen molar-refractivity contribution in [3.05, 3.63) is 35.4 Å². The average molecular weight is 234 g/mol. The number of rotatable bonds is 5. The molecule has 92 valence electrons. The van der Waals surface area contributed by atoms with Crippen molar-refractivity contribution in [1.82, 2.24) is 0 Å². The fourth-order valence-corrected chi connectivity index (χ4v) is 1.77. The molecular weight excluding hydrogens is 216 g/mol. The van der Waals surface area contributed by atoms with Gasteiger partial charge in [0, 0.05) is 6.08 Å². The summed E-state index contributed by atoms with van der Waals surface area (Å²) in [5, 5.41) is 8.80. The van der Waals surface area contributed by atoms with Crippen LogP contribution in [0.1, 0.15) is 31.4 Å². The smallest absolute Gasteiger partial charge is 0.328 e. The first-order chi connectivity index (χ1) is 8.08. The van der Waals surface area contributed by atoms with E-state index >= 15 is 0 Å². The number of aryl methyl sites for hydroxylation is 1. The molecule has 0 aromatic heterocycles. The van der Waals surface area contributed by atoms with Gasteiger partial charge in [-0.15, -0.1) is 0 Å². The summed E-state index contributed by atoms with van der Waals surface area (Å²) in [6.45, 7) is 6.48. The van der Waals surface area contributed by atoms with Crippen molar-refractivity contribution in [3.63, 3.8) is 0 Å². The minimum Gasteiger partial charge on any atom is -0.494 e. The number of benzene rings is 1. The SMILES string of the molecule is CCOc1ccc(/C(=C/C(=O)O)CC)c(C)c1. The lowest BCUT2D eigenvalue weighted by Gasteiger charge is -2.10. The fourth-order valence-electron chi connectivity index (χ4n) is 1.77. The highest BCUT2D eigenvalue weighted by Gasteiger charge is 2.06. The van der Waals surface area contributed by atoms with E-state index in [0.29, 0.717) is 13.0 Å². The van der Waals surface area contributed by atoms with Crippen LogP contribution in [0, 0.1) is 6.92 Å². The molecule has 0 heterocycles. The van der Waals surface area contributed by atoms with E-state index in [4.69, 9.17) is 9.84 Å². The van der Waals surface area contributed by atoms with E-state index in [9.17, 15) is 4.79 Å². The second-order valence-corrected chi connectivity index (χ2v) is 3.77. The molecule has 0 saturated heterocycles. The van der Waals surface area contributed by atoms with E-state index in [-0.39, 0.29) is 0 Å². The van der Waals surface area contributed by atoms with Gasteiger partial charge < -0.3 is 9.84 Å². The van der Waals surface area contributed by atoms with E-state index in [1.807, 2.05) is 39.0 Å². The Morgan fingerprint density at radius 1 is 1.41 bits per heavy atom. The molecule has 0 aliphatic carbocycles. The maximum atomic E-state index is 10.7. The van der Waals surface area contributed by atoms with Crippen molar-refractivity contribution in [1.29, 1.82) is 0 Å². The van der Waals surface area contributed by atoms with Crippen LogP contribution in [-0.2, 0) is 4.79 Å². The topological polar surface area (TPSA) is 46.5 Å². The maximum absolute atomic E-state index is 10.7. The summed E-state index contributed by atoms with van der Waals surface area (Å²) in [5.41, 5.74) is 2.83. The Bertz CT molecular complexity index is 433. The molecule has 0 amide bonds. The summed E-state index contributed by atoms with van der Waals surface area (Å²) in [6.07, 6.45) is 1.96. The number of hydrogen-bond donors (Lipinski definition) is 1. The number of carboxylic acids is 1. The third-order valence-electron chi connectivity index (χ3n) is 2.53. The molecule has 0 bridgehead atoms. The number of carboxylic acid groups (broad SMARTS) is 1. The predicted molar refractivity (Wildman–Crippen MR) is 68.3 cm³/mol.